The Morgan fingerprint density at radius 3 is 2.65 bits per heavy atom. The maximum absolute atomic E-state index is 3.56. The van der Waals surface area contributed by atoms with Crippen molar-refractivity contribution in [2.24, 2.45) is 5.92 Å². The third-order valence-corrected chi connectivity index (χ3v) is 4.00. The molecule has 0 radical (unpaired) electrons. The Morgan fingerprint density at radius 1 is 1.24 bits per heavy atom. The molecule has 1 rings (SSSR count). The lowest BCUT2D eigenvalue weighted by atomic mass is 9.97. The largest absolute Gasteiger partial charge is 0.316 e. The average molecular weight is 240 g/mol. The lowest BCUT2D eigenvalue weighted by Gasteiger charge is -2.39. The first-order valence-electron chi connectivity index (χ1n) is 7.61. The topological polar surface area (TPSA) is 15.3 Å². The summed E-state index contributed by atoms with van der Waals surface area (Å²) in [4.78, 5) is 2.75. The second-order valence-electron chi connectivity index (χ2n) is 6.03. The van der Waals surface area contributed by atoms with Crippen molar-refractivity contribution in [3.63, 3.8) is 0 Å². The van der Waals surface area contributed by atoms with Gasteiger partial charge in [0, 0.05) is 12.1 Å². The van der Waals surface area contributed by atoms with E-state index in [1.54, 1.807) is 0 Å². The zero-order valence-electron chi connectivity index (χ0n) is 12.3. The normalized spacial score (nSPS) is 24.2. The highest BCUT2D eigenvalue weighted by molar-refractivity contribution is 4.80. The molecule has 0 amide bonds. The van der Waals surface area contributed by atoms with Gasteiger partial charge in [-0.25, -0.2) is 0 Å². The third-order valence-electron chi connectivity index (χ3n) is 4.00. The molecule has 1 heterocycles. The van der Waals surface area contributed by atoms with Crippen LogP contribution in [0.5, 0.6) is 0 Å². The molecular formula is C15H32N2. The minimum absolute atomic E-state index is 0.750. The predicted octanol–water partition coefficient (Wildman–Crippen LogP) is 3.28. The molecule has 1 saturated heterocycles. The highest BCUT2D eigenvalue weighted by Gasteiger charge is 2.24. The predicted molar refractivity (Wildman–Crippen MR) is 76.4 cm³/mol. The molecule has 17 heavy (non-hydrogen) atoms. The Labute approximate surface area is 108 Å². The fourth-order valence-electron chi connectivity index (χ4n) is 2.91. The van der Waals surface area contributed by atoms with Crippen LogP contribution in [-0.4, -0.2) is 36.6 Å². The fourth-order valence-corrected chi connectivity index (χ4v) is 2.91. The molecule has 1 aliphatic heterocycles. The van der Waals surface area contributed by atoms with Crippen molar-refractivity contribution in [2.75, 3.05) is 19.6 Å². The van der Waals surface area contributed by atoms with Crippen LogP contribution in [0.4, 0.5) is 0 Å². The Hall–Kier alpha value is -0.0800. The molecule has 2 nitrogen and oxygen atoms in total. The standard InChI is InChI=1S/C15H32N2/c1-5-15-8-6-7-11-17(15)14(4)9-10-16-12-13(2)3/h13-16H,5-12H2,1-4H3. The summed E-state index contributed by atoms with van der Waals surface area (Å²) in [5, 5.41) is 3.56. The minimum Gasteiger partial charge on any atom is -0.316 e. The van der Waals surface area contributed by atoms with Crippen LogP contribution < -0.4 is 5.32 Å². The van der Waals surface area contributed by atoms with Gasteiger partial charge in [0.2, 0.25) is 0 Å². The van der Waals surface area contributed by atoms with Gasteiger partial charge in [-0.2, -0.15) is 0 Å². The van der Waals surface area contributed by atoms with E-state index in [4.69, 9.17) is 0 Å². The van der Waals surface area contributed by atoms with E-state index in [9.17, 15) is 0 Å². The van der Waals surface area contributed by atoms with E-state index in [1.165, 1.54) is 45.2 Å². The van der Waals surface area contributed by atoms with E-state index in [0.29, 0.717) is 0 Å². The Morgan fingerprint density at radius 2 is 2.00 bits per heavy atom. The van der Waals surface area contributed by atoms with E-state index >= 15 is 0 Å². The van der Waals surface area contributed by atoms with E-state index in [-0.39, 0.29) is 0 Å². The van der Waals surface area contributed by atoms with Gasteiger partial charge >= 0.3 is 0 Å². The molecule has 1 aliphatic rings. The smallest absolute Gasteiger partial charge is 0.00954 e. The van der Waals surface area contributed by atoms with Gasteiger partial charge in [-0.3, -0.25) is 4.90 Å². The Bertz CT molecular complexity index is 191. The zero-order valence-corrected chi connectivity index (χ0v) is 12.3. The number of rotatable bonds is 7. The van der Waals surface area contributed by atoms with Gasteiger partial charge in [-0.1, -0.05) is 27.2 Å². The van der Waals surface area contributed by atoms with Gasteiger partial charge in [0.05, 0.1) is 0 Å². The fraction of sp³-hybridized carbons (Fsp3) is 1.00. The monoisotopic (exact) mass is 240 g/mol. The van der Waals surface area contributed by atoms with Gasteiger partial charge in [0.1, 0.15) is 0 Å². The molecule has 0 spiro atoms. The number of piperidine rings is 1. The maximum Gasteiger partial charge on any atom is 0.00954 e. The summed E-state index contributed by atoms with van der Waals surface area (Å²) in [6, 6.07) is 1.60. The first-order valence-corrected chi connectivity index (χ1v) is 7.61. The van der Waals surface area contributed by atoms with Crippen molar-refractivity contribution >= 4 is 0 Å². The Kier molecular flexibility index (Phi) is 7.14. The molecule has 0 aromatic carbocycles. The molecule has 1 fully saturated rings. The van der Waals surface area contributed by atoms with Crippen LogP contribution in [0.2, 0.25) is 0 Å². The van der Waals surface area contributed by atoms with E-state index in [2.05, 4.69) is 37.9 Å². The van der Waals surface area contributed by atoms with Gasteiger partial charge in [-0.15, -0.1) is 0 Å². The first kappa shape index (κ1) is 15.0. The first-order chi connectivity index (χ1) is 8.15. The summed E-state index contributed by atoms with van der Waals surface area (Å²) in [6.45, 7) is 12.9. The number of hydrogen-bond donors (Lipinski definition) is 1. The molecule has 0 aliphatic carbocycles. The third kappa shape index (κ3) is 5.39. The molecule has 1 N–H and O–H groups in total. The second kappa shape index (κ2) is 8.10. The molecule has 2 atom stereocenters. The van der Waals surface area contributed by atoms with Crippen LogP contribution in [0.3, 0.4) is 0 Å². The zero-order chi connectivity index (χ0) is 12.7. The van der Waals surface area contributed by atoms with E-state index in [1.807, 2.05) is 0 Å². The summed E-state index contributed by atoms with van der Waals surface area (Å²) in [7, 11) is 0. The second-order valence-corrected chi connectivity index (χ2v) is 6.03. The maximum atomic E-state index is 3.56. The quantitative estimate of drug-likeness (QED) is 0.687. The van der Waals surface area contributed by atoms with Crippen LogP contribution in [0, 0.1) is 5.92 Å². The van der Waals surface area contributed by atoms with Crippen molar-refractivity contribution in [3.8, 4) is 0 Å². The molecule has 0 saturated carbocycles. The molecule has 0 bridgehead atoms. The molecule has 2 heteroatoms. The highest BCUT2D eigenvalue weighted by atomic mass is 15.2. The summed E-state index contributed by atoms with van der Waals surface area (Å²) >= 11 is 0. The van der Waals surface area contributed by atoms with Crippen molar-refractivity contribution < 1.29 is 0 Å². The number of likely N-dealkylation sites (tertiary alicyclic amines) is 1. The number of hydrogen-bond acceptors (Lipinski definition) is 2. The van der Waals surface area contributed by atoms with Crippen molar-refractivity contribution in [3.05, 3.63) is 0 Å². The Balaban J connectivity index is 2.22. The summed E-state index contributed by atoms with van der Waals surface area (Å²) in [5.74, 6) is 0.767. The van der Waals surface area contributed by atoms with Crippen LogP contribution in [0.15, 0.2) is 0 Å². The lowest BCUT2D eigenvalue weighted by molar-refractivity contribution is 0.0953. The van der Waals surface area contributed by atoms with Crippen molar-refractivity contribution in [1.29, 1.82) is 0 Å². The lowest BCUT2D eigenvalue weighted by Crippen LogP contribution is -2.45. The van der Waals surface area contributed by atoms with Gasteiger partial charge in [0.25, 0.3) is 0 Å². The molecule has 0 aromatic heterocycles. The summed E-state index contributed by atoms with van der Waals surface area (Å²) in [5.41, 5.74) is 0. The minimum atomic E-state index is 0.750. The number of nitrogens with zero attached hydrogens (tertiary/aromatic N) is 1. The van der Waals surface area contributed by atoms with Crippen LogP contribution >= 0.6 is 0 Å². The van der Waals surface area contributed by atoms with Gasteiger partial charge in [0.15, 0.2) is 0 Å². The average Bonchev–Trinajstić information content (AvgIpc) is 2.34. The summed E-state index contributed by atoms with van der Waals surface area (Å²) in [6.07, 6.45) is 6.88. The van der Waals surface area contributed by atoms with Gasteiger partial charge in [-0.05, 0) is 58.2 Å². The molecular weight excluding hydrogens is 208 g/mol. The highest BCUT2D eigenvalue weighted by Crippen LogP contribution is 2.22. The van der Waals surface area contributed by atoms with Crippen LogP contribution in [0.25, 0.3) is 0 Å². The van der Waals surface area contributed by atoms with Crippen molar-refractivity contribution in [2.45, 2.75) is 71.9 Å². The molecule has 102 valence electrons. The van der Waals surface area contributed by atoms with Gasteiger partial charge < -0.3 is 5.32 Å². The van der Waals surface area contributed by atoms with Crippen LogP contribution in [-0.2, 0) is 0 Å². The van der Waals surface area contributed by atoms with E-state index < -0.39 is 0 Å². The van der Waals surface area contributed by atoms with Crippen LogP contribution in [0.1, 0.15) is 59.8 Å². The molecule has 2 unspecified atom stereocenters. The summed E-state index contributed by atoms with van der Waals surface area (Å²) < 4.78 is 0. The number of nitrogens with one attached hydrogen (secondary N) is 1. The SMILES string of the molecule is CCC1CCCCN1C(C)CCNCC(C)C. The molecule has 0 aromatic rings. The van der Waals surface area contributed by atoms with Crippen molar-refractivity contribution in [1.82, 2.24) is 10.2 Å². The van der Waals surface area contributed by atoms with E-state index in [0.717, 1.165) is 24.5 Å².